The number of likely N-dealkylation sites (N-methyl/N-ethyl adjacent to an activating group) is 1. The molecule has 1 fully saturated rings. The summed E-state index contributed by atoms with van der Waals surface area (Å²) in [6.45, 7) is 2.65. The van der Waals surface area contributed by atoms with Gasteiger partial charge in [0.15, 0.2) is 0 Å². The van der Waals surface area contributed by atoms with Crippen molar-refractivity contribution >= 4 is 11.9 Å². The van der Waals surface area contributed by atoms with E-state index in [0.717, 1.165) is 18.4 Å². The number of hydrogen-bond acceptors (Lipinski definition) is 5. The highest BCUT2D eigenvalue weighted by molar-refractivity contribution is 5.92. The van der Waals surface area contributed by atoms with Crippen molar-refractivity contribution in [3.05, 3.63) is 42.2 Å². The summed E-state index contributed by atoms with van der Waals surface area (Å²) in [4.78, 5) is 25.0. The van der Waals surface area contributed by atoms with Crippen molar-refractivity contribution in [1.29, 1.82) is 0 Å². The van der Waals surface area contributed by atoms with E-state index in [4.69, 9.17) is 9.63 Å². The minimum absolute atomic E-state index is 0.0321. The van der Waals surface area contributed by atoms with Crippen molar-refractivity contribution in [3.8, 4) is 11.3 Å². The third-order valence-corrected chi connectivity index (χ3v) is 4.51. The summed E-state index contributed by atoms with van der Waals surface area (Å²) >= 11 is 0. The van der Waals surface area contributed by atoms with Crippen molar-refractivity contribution in [3.63, 3.8) is 0 Å². The molecule has 1 aliphatic rings. The number of aliphatic carboxylic acids is 1. The number of carbonyl (C=O) groups excluding carboxylic acids is 1. The summed E-state index contributed by atoms with van der Waals surface area (Å²) in [5.74, 6) is -0.941. The lowest BCUT2D eigenvalue weighted by Crippen LogP contribution is -2.54. The number of carbonyl (C=O) groups is 2. The van der Waals surface area contributed by atoms with Crippen LogP contribution in [0.1, 0.15) is 30.3 Å². The van der Waals surface area contributed by atoms with Gasteiger partial charge in [-0.2, -0.15) is 0 Å². The number of aromatic nitrogens is 1. The zero-order chi connectivity index (χ0) is 17.8. The normalized spacial score (nSPS) is 19.4. The molecule has 1 amide bonds. The fourth-order valence-corrected chi connectivity index (χ4v) is 3.06. The van der Waals surface area contributed by atoms with Crippen LogP contribution in [0.25, 0.3) is 11.3 Å². The number of benzene rings is 1. The Labute approximate surface area is 145 Å². The van der Waals surface area contributed by atoms with Crippen LogP contribution in [0.15, 0.2) is 40.9 Å². The molecule has 1 saturated carbocycles. The lowest BCUT2D eigenvalue weighted by molar-refractivity contribution is -0.139. The lowest BCUT2D eigenvalue weighted by atomic mass is 9.85. The first-order chi connectivity index (χ1) is 12.1. The van der Waals surface area contributed by atoms with Gasteiger partial charge in [-0.05, 0) is 19.4 Å². The molecule has 0 saturated heterocycles. The maximum Gasteiger partial charge on any atom is 0.317 e. The Bertz CT molecular complexity index is 738. The molecule has 3 rings (SSSR count). The van der Waals surface area contributed by atoms with E-state index >= 15 is 0 Å². The Hall–Kier alpha value is -2.67. The molecule has 1 aliphatic carbocycles. The zero-order valence-electron chi connectivity index (χ0n) is 14.0. The highest BCUT2D eigenvalue weighted by Gasteiger charge is 2.35. The first kappa shape index (κ1) is 17.2. The summed E-state index contributed by atoms with van der Waals surface area (Å²) in [6, 6.07) is 11.4. The van der Waals surface area contributed by atoms with E-state index in [1.165, 1.54) is 0 Å². The molecule has 7 nitrogen and oxygen atoms in total. The van der Waals surface area contributed by atoms with Gasteiger partial charge in [0.05, 0.1) is 6.54 Å². The average molecular weight is 343 g/mol. The number of hydrogen-bond donors (Lipinski definition) is 2. The number of carboxylic acid groups (broad SMARTS) is 1. The summed E-state index contributed by atoms with van der Waals surface area (Å²) < 4.78 is 5.15. The van der Waals surface area contributed by atoms with Gasteiger partial charge in [0.2, 0.25) is 5.76 Å². The molecular weight excluding hydrogens is 322 g/mol. The van der Waals surface area contributed by atoms with Crippen LogP contribution in [0.4, 0.5) is 0 Å². The highest BCUT2D eigenvalue weighted by Crippen LogP contribution is 2.26. The van der Waals surface area contributed by atoms with Gasteiger partial charge in [-0.3, -0.25) is 14.5 Å². The molecule has 25 heavy (non-hydrogen) atoms. The van der Waals surface area contributed by atoms with E-state index in [1.807, 2.05) is 42.2 Å². The average Bonchev–Trinajstić information content (AvgIpc) is 3.06. The maximum absolute atomic E-state index is 12.3. The largest absolute Gasteiger partial charge is 0.480 e. The van der Waals surface area contributed by atoms with Gasteiger partial charge < -0.3 is 14.9 Å². The number of nitrogens with zero attached hydrogens (tertiary/aromatic N) is 2. The Morgan fingerprint density at radius 3 is 2.68 bits per heavy atom. The van der Waals surface area contributed by atoms with Gasteiger partial charge in [0, 0.05) is 23.7 Å². The molecule has 132 valence electrons. The zero-order valence-corrected chi connectivity index (χ0v) is 14.0. The van der Waals surface area contributed by atoms with Crippen LogP contribution in [0.3, 0.4) is 0 Å². The van der Waals surface area contributed by atoms with Gasteiger partial charge >= 0.3 is 5.97 Å². The third kappa shape index (κ3) is 4.06. The summed E-state index contributed by atoms with van der Waals surface area (Å²) in [5.41, 5.74) is 1.51. The van der Waals surface area contributed by atoms with Crippen LogP contribution in [0, 0.1) is 0 Å². The number of carboxylic acids is 1. The molecule has 1 heterocycles. The SMILES string of the molecule is CCN(CC(=O)O)C1CC(NC(=O)c2cc(-c3ccccc3)no2)C1. The second kappa shape index (κ2) is 7.48. The third-order valence-electron chi connectivity index (χ3n) is 4.51. The first-order valence-electron chi connectivity index (χ1n) is 8.35. The van der Waals surface area contributed by atoms with E-state index in [0.29, 0.717) is 12.2 Å². The van der Waals surface area contributed by atoms with Gasteiger partial charge in [-0.25, -0.2) is 0 Å². The quantitative estimate of drug-likeness (QED) is 0.798. The molecule has 0 aliphatic heterocycles. The molecule has 0 unspecified atom stereocenters. The highest BCUT2D eigenvalue weighted by atomic mass is 16.5. The fraction of sp³-hybridized carbons (Fsp3) is 0.389. The van der Waals surface area contributed by atoms with E-state index in [1.54, 1.807) is 6.07 Å². The maximum atomic E-state index is 12.3. The van der Waals surface area contributed by atoms with Crippen LogP contribution in [0.2, 0.25) is 0 Å². The smallest absolute Gasteiger partial charge is 0.317 e. The summed E-state index contributed by atoms with van der Waals surface area (Å²) in [7, 11) is 0. The van der Waals surface area contributed by atoms with E-state index in [9.17, 15) is 9.59 Å². The standard InChI is InChI=1S/C18H21N3O4/c1-2-21(11-17(22)23)14-8-13(9-14)19-18(24)16-10-15(20-25-16)12-6-4-3-5-7-12/h3-7,10,13-14H,2,8-9,11H2,1H3,(H,19,24)(H,22,23). The van der Waals surface area contributed by atoms with Crippen LogP contribution in [0.5, 0.6) is 0 Å². The van der Waals surface area contributed by atoms with Crippen molar-refractivity contribution < 1.29 is 19.2 Å². The van der Waals surface area contributed by atoms with Gasteiger partial charge in [0.1, 0.15) is 5.69 Å². The van der Waals surface area contributed by atoms with Crippen LogP contribution in [-0.4, -0.2) is 52.2 Å². The van der Waals surface area contributed by atoms with Gasteiger partial charge in [-0.1, -0.05) is 42.4 Å². The predicted molar refractivity (Wildman–Crippen MR) is 91.1 cm³/mol. The summed E-state index contributed by atoms with van der Waals surface area (Å²) in [5, 5.41) is 15.8. The lowest BCUT2D eigenvalue weighted by Gasteiger charge is -2.42. The molecular formula is C18H21N3O4. The molecule has 7 heteroatoms. The van der Waals surface area contributed by atoms with E-state index in [-0.39, 0.29) is 30.3 Å². The molecule has 0 bridgehead atoms. The van der Waals surface area contributed by atoms with Gasteiger partial charge in [0.25, 0.3) is 5.91 Å². The van der Waals surface area contributed by atoms with Crippen LogP contribution < -0.4 is 5.32 Å². The van der Waals surface area contributed by atoms with E-state index < -0.39 is 5.97 Å². The number of amides is 1. The molecule has 0 spiro atoms. The molecule has 0 atom stereocenters. The topological polar surface area (TPSA) is 95.7 Å². The molecule has 0 radical (unpaired) electrons. The Balaban J connectivity index is 1.53. The second-order valence-corrected chi connectivity index (χ2v) is 6.19. The second-order valence-electron chi connectivity index (χ2n) is 6.19. The molecule has 1 aromatic heterocycles. The monoisotopic (exact) mass is 343 g/mol. The molecule has 2 aromatic rings. The van der Waals surface area contributed by atoms with Crippen molar-refractivity contribution in [2.24, 2.45) is 0 Å². The fourth-order valence-electron chi connectivity index (χ4n) is 3.06. The Morgan fingerprint density at radius 1 is 1.32 bits per heavy atom. The number of rotatable bonds is 7. The van der Waals surface area contributed by atoms with Crippen LogP contribution in [-0.2, 0) is 4.79 Å². The Kier molecular flexibility index (Phi) is 5.14. The van der Waals surface area contributed by atoms with E-state index in [2.05, 4.69) is 10.5 Å². The van der Waals surface area contributed by atoms with Crippen molar-refractivity contribution in [1.82, 2.24) is 15.4 Å². The Morgan fingerprint density at radius 2 is 2.04 bits per heavy atom. The number of nitrogens with one attached hydrogen (secondary N) is 1. The van der Waals surface area contributed by atoms with Gasteiger partial charge in [-0.15, -0.1) is 0 Å². The van der Waals surface area contributed by atoms with Crippen LogP contribution >= 0.6 is 0 Å². The minimum atomic E-state index is -0.829. The predicted octanol–water partition coefficient (Wildman–Crippen LogP) is 2.01. The minimum Gasteiger partial charge on any atom is -0.480 e. The molecule has 2 N–H and O–H groups in total. The molecule has 1 aromatic carbocycles. The van der Waals surface area contributed by atoms with Crippen molar-refractivity contribution in [2.45, 2.75) is 31.8 Å². The summed E-state index contributed by atoms with van der Waals surface area (Å²) in [6.07, 6.45) is 1.49. The first-order valence-corrected chi connectivity index (χ1v) is 8.35. The van der Waals surface area contributed by atoms with Crippen molar-refractivity contribution in [2.75, 3.05) is 13.1 Å².